The number of carbonyl (C=O) groups excluding carboxylic acids is 1. The largest absolute Gasteiger partial charge is 0.494 e. The predicted octanol–water partition coefficient (Wildman–Crippen LogP) is 6.47. The van der Waals surface area contributed by atoms with E-state index in [4.69, 9.17) is 9.73 Å². The molecule has 6 heteroatoms. The van der Waals surface area contributed by atoms with Crippen LogP contribution in [0.25, 0.3) is 17.0 Å². The zero-order valence-corrected chi connectivity index (χ0v) is 21.2. The lowest BCUT2D eigenvalue weighted by molar-refractivity contribution is 0.0964. The van der Waals surface area contributed by atoms with Crippen molar-refractivity contribution in [3.8, 4) is 0 Å². The van der Waals surface area contributed by atoms with Gasteiger partial charge in [-0.1, -0.05) is 18.2 Å². The molecule has 0 saturated heterocycles. The minimum Gasteiger partial charge on any atom is -0.494 e. The molecule has 4 aromatic rings. The summed E-state index contributed by atoms with van der Waals surface area (Å²) in [5.41, 5.74) is 7.76. The van der Waals surface area contributed by atoms with Gasteiger partial charge in [-0.15, -0.1) is 0 Å². The Kier molecular flexibility index (Phi) is 6.10. The van der Waals surface area contributed by atoms with Crippen LogP contribution in [-0.4, -0.2) is 34.3 Å². The Hall–Kier alpha value is -4.32. The van der Waals surface area contributed by atoms with Gasteiger partial charge in [0.1, 0.15) is 11.5 Å². The summed E-state index contributed by atoms with van der Waals surface area (Å²) in [5.74, 6) is 0.552. The van der Waals surface area contributed by atoms with E-state index in [9.17, 15) is 4.79 Å². The first-order valence-corrected chi connectivity index (χ1v) is 12.1. The van der Waals surface area contributed by atoms with Gasteiger partial charge in [0, 0.05) is 40.1 Å². The molecule has 1 aliphatic rings. The van der Waals surface area contributed by atoms with E-state index < -0.39 is 0 Å². The number of aliphatic imine (C=N–C) groups is 1. The standard InChI is InChI=1S/C30H30N4O2/c1-18(2)31-23-12-10-21(11-13-23)30(35)34-27-9-7-6-8-22(27)15-28(34)25-17-29(36-5)26(33-25)16-24-19(3)14-20(4)32-24/h6-18,31-32H,1-5H3/b26-16-. The molecule has 0 radical (unpaired) electrons. The minimum atomic E-state index is -0.106. The van der Waals surface area contributed by atoms with Crippen LogP contribution in [0.1, 0.15) is 46.9 Å². The van der Waals surface area contributed by atoms with Gasteiger partial charge in [-0.05, 0) is 81.8 Å². The van der Waals surface area contributed by atoms with Crippen molar-refractivity contribution in [2.24, 2.45) is 4.99 Å². The Labute approximate surface area is 211 Å². The smallest absolute Gasteiger partial charge is 0.262 e. The zero-order chi connectivity index (χ0) is 25.4. The third-order valence-electron chi connectivity index (χ3n) is 6.22. The number of aromatic nitrogens is 2. The molecule has 2 aromatic heterocycles. The lowest BCUT2D eigenvalue weighted by atomic mass is 10.1. The normalized spacial score (nSPS) is 14.4. The number of carbonyl (C=O) groups is 1. The molecule has 0 unspecified atom stereocenters. The summed E-state index contributed by atoms with van der Waals surface area (Å²) < 4.78 is 7.41. The van der Waals surface area contributed by atoms with Crippen LogP contribution in [0.3, 0.4) is 0 Å². The number of nitrogens with zero attached hydrogens (tertiary/aromatic N) is 2. The van der Waals surface area contributed by atoms with Crippen molar-refractivity contribution in [2.45, 2.75) is 33.7 Å². The van der Waals surface area contributed by atoms with Crippen LogP contribution in [0.5, 0.6) is 0 Å². The predicted molar refractivity (Wildman–Crippen MR) is 147 cm³/mol. The maximum Gasteiger partial charge on any atom is 0.262 e. The molecule has 0 bridgehead atoms. The first kappa shape index (κ1) is 23.4. The van der Waals surface area contributed by atoms with Crippen LogP contribution in [-0.2, 0) is 4.74 Å². The maximum absolute atomic E-state index is 13.8. The average molecular weight is 479 g/mol. The molecule has 182 valence electrons. The molecule has 0 spiro atoms. The average Bonchev–Trinajstić information content (AvgIpc) is 3.53. The van der Waals surface area contributed by atoms with Crippen LogP contribution in [0.4, 0.5) is 5.69 Å². The monoisotopic (exact) mass is 478 g/mol. The highest BCUT2D eigenvalue weighted by atomic mass is 16.5. The Morgan fingerprint density at radius 2 is 1.83 bits per heavy atom. The molecular weight excluding hydrogens is 448 g/mol. The van der Waals surface area contributed by atoms with E-state index >= 15 is 0 Å². The van der Waals surface area contributed by atoms with E-state index in [1.54, 1.807) is 11.7 Å². The summed E-state index contributed by atoms with van der Waals surface area (Å²) in [6.07, 6.45) is 3.88. The van der Waals surface area contributed by atoms with Gasteiger partial charge >= 0.3 is 0 Å². The number of methoxy groups -OCH3 is 1. The van der Waals surface area contributed by atoms with E-state index in [0.29, 0.717) is 28.8 Å². The van der Waals surface area contributed by atoms with Gasteiger partial charge in [-0.2, -0.15) is 0 Å². The van der Waals surface area contributed by atoms with Gasteiger partial charge in [0.15, 0.2) is 0 Å². The van der Waals surface area contributed by atoms with Crippen molar-refractivity contribution in [2.75, 3.05) is 12.4 Å². The fourth-order valence-electron chi connectivity index (χ4n) is 4.58. The summed E-state index contributed by atoms with van der Waals surface area (Å²) >= 11 is 0. The Morgan fingerprint density at radius 3 is 2.50 bits per heavy atom. The number of fused-ring (bicyclic) bond motifs is 1. The zero-order valence-electron chi connectivity index (χ0n) is 21.2. The molecule has 5 rings (SSSR count). The number of allylic oxidation sites excluding steroid dienone is 1. The van der Waals surface area contributed by atoms with Crippen molar-refractivity contribution in [3.05, 3.63) is 106 Å². The van der Waals surface area contributed by atoms with E-state index in [1.165, 1.54) is 0 Å². The van der Waals surface area contributed by atoms with Gasteiger partial charge in [-0.3, -0.25) is 9.36 Å². The SMILES string of the molecule is COC1=CC(c2cc3ccccc3n2C(=O)c2ccc(NC(C)C)cc2)=N/C1=C\c1[nH]c(C)cc1C. The molecule has 2 aromatic carbocycles. The first-order chi connectivity index (χ1) is 17.3. The number of H-pyrrole nitrogens is 1. The van der Waals surface area contributed by atoms with Crippen molar-refractivity contribution in [3.63, 3.8) is 0 Å². The van der Waals surface area contributed by atoms with Crippen molar-refractivity contribution in [1.82, 2.24) is 9.55 Å². The number of hydrogen-bond donors (Lipinski definition) is 2. The molecule has 0 atom stereocenters. The summed E-state index contributed by atoms with van der Waals surface area (Å²) in [7, 11) is 1.64. The number of anilines is 1. The van der Waals surface area contributed by atoms with Crippen LogP contribution < -0.4 is 5.32 Å². The number of para-hydroxylation sites is 1. The lowest BCUT2D eigenvalue weighted by Crippen LogP contribution is -2.17. The molecular formula is C30H30N4O2. The molecule has 0 amide bonds. The highest BCUT2D eigenvalue weighted by Gasteiger charge is 2.24. The Morgan fingerprint density at radius 1 is 1.08 bits per heavy atom. The molecule has 3 heterocycles. The van der Waals surface area contributed by atoms with Crippen molar-refractivity contribution in [1.29, 1.82) is 0 Å². The van der Waals surface area contributed by atoms with Gasteiger partial charge in [-0.25, -0.2) is 4.99 Å². The van der Waals surface area contributed by atoms with Crippen LogP contribution in [0, 0.1) is 13.8 Å². The molecule has 0 saturated carbocycles. The van der Waals surface area contributed by atoms with Crippen molar-refractivity contribution >= 4 is 34.3 Å². The number of ether oxygens (including phenoxy) is 1. The first-order valence-electron chi connectivity index (χ1n) is 12.1. The van der Waals surface area contributed by atoms with Gasteiger partial charge in [0.2, 0.25) is 0 Å². The second-order valence-electron chi connectivity index (χ2n) is 9.39. The second kappa shape index (κ2) is 9.38. The Bertz CT molecular complexity index is 1550. The molecule has 0 fully saturated rings. The van der Waals surface area contributed by atoms with E-state index in [1.807, 2.05) is 73.7 Å². The second-order valence-corrected chi connectivity index (χ2v) is 9.39. The summed E-state index contributed by atoms with van der Waals surface area (Å²) in [6.45, 7) is 8.26. The van der Waals surface area contributed by atoms with Gasteiger partial charge < -0.3 is 15.0 Å². The number of aromatic amines is 1. The topological polar surface area (TPSA) is 71.4 Å². The summed E-state index contributed by atoms with van der Waals surface area (Å²) in [6, 6.07) is 19.9. The van der Waals surface area contributed by atoms with Crippen LogP contribution >= 0.6 is 0 Å². The summed E-state index contributed by atoms with van der Waals surface area (Å²) in [5, 5.41) is 4.34. The molecule has 1 aliphatic heterocycles. The molecule has 36 heavy (non-hydrogen) atoms. The number of nitrogens with one attached hydrogen (secondary N) is 2. The summed E-state index contributed by atoms with van der Waals surface area (Å²) in [4.78, 5) is 22.1. The van der Waals surface area contributed by atoms with Gasteiger partial charge in [0.05, 0.1) is 24.0 Å². The Balaban J connectivity index is 1.60. The number of benzene rings is 2. The minimum absolute atomic E-state index is 0.106. The number of rotatable bonds is 6. The molecule has 2 N–H and O–H groups in total. The quantitative estimate of drug-likeness (QED) is 0.334. The van der Waals surface area contributed by atoms with Gasteiger partial charge in [0.25, 0.3) is 5.91 Å². The van der Waals surface area contributed by atoms with Crippen molar-refractivity contribution < 1.29 is 9.53 Å². The third-order valence-corrected chi connectivity index (χ3v) is 6.22. The van der Waals surface area contributed by atoms with E-state index in [2.05, 4.69) is 37.1 Å². The number of aryl methyl sites for hydroxylation is 2. The fourth-order valence-corrected chi connectivity index (χ4v) is 4.58. The molecule has 6 nitrogen and oxygen atoms in total. The highest BCUT2D eigenvalue weighted by molar-refractivity contribution is 6.17. The third kappa shape index (κ3) is 4.38. The number of hydrogen-bond acceptors (Lipinski definition) is 4. The van der Waals surface area contributed by atoms with Crippen LogP contribution in [0.15, 0.2) is 83.2 Å². The van der Waals surface area contributed by atoms with Crippen LogP contribution in [0.2, 0.25) is 0 Å². The fraction of sp³-hybridized carbons (Fsp3) is 0.200. The maximum atomic E-state index is 13.8. The highest BCUT2D eigenvalue weighted by Crippen LogP contribution is 2.29. The molecule has 0 aliphatic carbocycles. The lowest BCUT2D eigenvalue weighted by Gasteiger charge is -2.12. The van der Waals surface area contributed by atoms with E-state index in [0.717, 1.165) is 39.2 Å². The van der Waals surface area contributed by atoms with E-state index in [-0.39, 0.29) is 5.91 Å².